The molecule has 1 aromatic heterocycles. The smallest absolute Gasteiger partial charge is 0.218 e. The Bertz CT molecular complexity index is 357. The van der Waals surface area contributed by atoms with Gasteiger partial charge in [0.15, 0.2) is 4.67 Å². The molecule has 0 atom stereocenters. The molecule has 0 radical (unpaired) electrons. The fraction of sp³-hybridized carbons (Fsp3) is 0.333. The molecule has 0 saturated heterocycles. The van der Waals surface area contributed by atoms with Crippen molar-refractivity contribution in [3.8, 4) is 0 Å². The highest BCUT2D eigenvalue weighted by Crippen LogP contribution is 2.15. The van der Waals surface area contributed by atoms with Crippen LogP contribution in [0.5, 0.6) is 0 Å². The van der Waals surface area contributed by atoms with E-state index in [1.807, 2.05) is 0 Å². The van der Waals surface area contributed by atoms with Crippen molar-refractivity contribution in [3.05, 3.63) is 22.6 Å². The van der Waals surface area contributed by atoms with Gasteiger partial charge >= 0.3 is 0 Å². The van der Waals surface area contributed by atoms with Crippen LogP contribution in [0.4, 0.5) is 0 Å². The lowest BCUT2D eigenvalue weighted by Gasteiger charge is -1.97. The third-order valence-electron chi connectivity index (χ3n) is 1.27. The van der Waals surface area contributed by atoms with Crippen molar-refractivity contribution >= 4 is 26.0 Å². The van der Waals surface area contributed by atoms with Crippen LogP contribution in [-0.4, -0.2) is 15.5 Å². The fourth-order valence-corrected chi connectivity index (χ4v) is 1.70. The van der Waals surface area contributed by atoms with Crippen LogP contribution in [-0.2, 0) is 15.8 Å². The second kappa shape index (κ2) is 3.59. The molecule has 0 fully saturated rings. The van der Waals surface area contributed by atoms with Crippen LogP contribution in [0.3, 0.4) is 0 Å². The van der Waals surface area contributed by atoms with E-state index in [2.05, 4.69) is 20.7 Å². The van der Waals surface area contributed by atoms with Crippen LogP contribution in [0.1, 0.15) is 5.76 Å². The lowest BCUT2D eigenvalue weighted by molar-refractivity contribution is 0.498. The average Bonchev–Trinajstić information content (AvgIpc) is 2.35. The van der Waals surface area contributed by atoms with E-state index in [-0.39, 0.29) is 5.75 Å². The second-order valence-corrected chi connectivity index (χ2v) is 4.88. The second-order valence-electron chi connectivity index (χ2n) is 2.17. The van der Waals surface area contributed by atoms with Crippen LogP contribution >= 0.6 is 15.9 Å². The number of hydrogen-bond acceptors (Lipinski definition) is 3. The molecule has 4 nitrogen and oxygen atoms in total. The first kappa shape index (κ1) is 9.76. The van der Waals surface area contributed by atoms with Crippen LogP contribution in [0, 0.1) is 0 Å². The zero-order chi connectivity index (χ0) is 9.19. The van der Waals surface area contributed by atoms with Gasteiger partial charge < -0.3 is 4.42 Å². The van der Waals surface area contributed by atoms with Crippen molar-refractivity contribution in [2.75, 3.05) is 7.05 Å². The largest absolute Gasteiger partial charge is 0.453 e. The molecule has 0 aliphatic heterocycles. The molecule has 1 aromatic rings. The van der Waals surface area contributed by atoms with Crippen molar-refractivity contribution in [3.63, 3.8) is 0 Å². The zero-order valence-electron chi connectivity index (χ0n) is 6.37. The summed E-state index contributed by atoms with van der Waals surface area (Å²) >= 11 is 3.08. The number of nitrogens with one attached hydrogen (secondary N) is 1. The van der Waals surface area contributed by atoms with E-state index >= 15 is 0 Å². The average molecular weight is 254 g/mol. The summed E-state index contributed by atoms with van der Waals surface area (Å²) in [6, 6.07) is 3.26. The van der Waals surface area contributed by atoms with Gasteiger partial charge in [-0.1, -0.05) is 0 Å². The molecule has 0 aliphatic rings. The Morgan fingerprint density at radius 2 is 2.25 bits per heavy atom. The first-order chi connectivity index (χ1) is 5.53. The van der Waals surface area contributed by atoms with E-state index in [1.165, 1.54) is 7.05 Å². The Hall–Kier alpha value is -0.330. The molecule has 68 valence electrons. The Morgan fingerprint density at radius 3 is 2.67 bits per heavy atom. The number of sulfonamides is 1. The quantitative estimate of drug-likeness (QED) is 0.878. The predicted octanol–water partition coefficient (Wildman–Crippen LogP) is 1.09. The van der Waals surface area contributed by atoms with Crippen LogP contribution in [0.15, 0.2) is 21.2 Å². The van der Waals surface area contributed by atoms with Gasteiger partial charge in [0.25, 0.3) is 0 Å². The third-order valence-corrected chi connectivity index (χ3v) is 2.98. The van der Waals surface area contributed by atoms with Gasteiger partial charge in [-0.15, -0.1) is 0 Å². The van der Waals surface area contributed by atoms with Gasteiger partial charge in [-0.3, -0.25) is 0 Å². The van der Waals surface area contributed by atoms with Crippen LogP contribution in [0.25, 0.3) is 0 Å². The first-order valence-corrected chi connectivity index (χ1v) is 5.63. The highest BCUT2D eigenvalue weighted by atomic mass is 79.9. The summed E-state index contributed by atoms with van der Waals surface area (Å²) < 4.78 is 29.7. The standard InChI is InChI=1S/C6H8BrNO3S/c1-8-12(9,10)4-5-2-3-6(7)11-5/h2-3,8H,4H2,1H3. The maximum Gasteiger partial charge on any atom is 0.218 e. The SMILES string of the molecule is CNS(=O)(=O)Cc1ccc(Br)o1. The minimum Gasteiger partial charge on any atom is -0.453 e. The summed E-state index contributed by atoms with van der Waals surface area (Å²) in [4.78, 5) is 0. The van der Waals surface area contributed by atoms with E-state index in [1.54, 1.807) is 12.1 Å². The van der Waals surface area contributed by atoms with Crippen LogP contribution < -0.4 is 4.72 Å². The molecule has 1 N–H and O–H groups in total. The number of halogens is 1. The highest BCUT2D eigenvalue weighted by molar-refractivity contribution is 9.10. The summed E-state index contributed by atoms with van der Waals surface area (Å²) in [6.45, 7) is 0. The molecule has 0 aromatic carbocycles. The van der Waals surface area contributed by atoms with E-state index in [4.69, 9.17) is 4.42 Å². The summed E-state index contributed by atoms with van der Waals surface area (Å²) in [5, 5.41) is 0. The number of furan rings is 1. The molecule has 0 saturated carbocycles. The summed E-state index contributed by atoms with van der Waals surface area (Å²) in [6.07, 6.45) is 0. The highest BCUT2D eigenvalue weighted by Gasteiger charge is 2.11. The fourth-order valence-electron chi connectivity index (χ4n) is 0.689. The minimum atomic E-state index is -3.22. The van der Waals surface area contributed by atoms with Gasteiger partial charge in [0.1, 0.15) is 11.5 Å². The first-order valence-electron chi connectivity index (χ1n) is 3.19. The predicted molar refractivity (Wildman–Crippen MR) is 48.1 cm³/mol. The Balaban J connectivity index is 2.77. The molecule has 0 aliphatic carbocycles. The molecule has 1 rings (SSSR count). The molecule has 0 amide bonds. The summed E-state index contributed by atoms with van der Waals surface area (Å²) in [5.74, 6) is 0.283. The van der Waals surface area contributed by atoms with Gasteiger partial charge in [0, 0.05) is 0 Å². The topological polar surface area (TPSA) is 59.3 Å². The van der Waals surface area contributed by atoms with E-state index in [0.29, 0.717) is 10.4 Å². The molecule has 0 unspecified atom stereocenters. The Morgan fingerprint density at radius 1 is 1.58 bits per heavy atom. The van der Waals surface area contributed by atoms with Gasteiger partial charge in [0.05, 0.1) is 0 Å². The van der Waals surface area contributed by atoms with Crippen molar-refractivity contribution in [2.24, 2.45) is 0 Å². The molecule has 1 heterocycles. The number of rotatable bonds is 3. The normalized spacial score (nSPS) is 11.8. The lowest BCUT2D eigenvalue weighted by atomic mass is 10.5. The lowest BCUT2D eigenvalue weighted by Crippen LogP contribution is -2.20. The number of hydrogen-bond donors (Lipinski definition) is 1. The van der Waals surface area contributed by atoms with Crippen molar-refractivity contribution in [1.82, 2.24) is 4.72 Å². The summed E-state index contributed by atoms with van der Waals surface area (Å²) in [5.41, 5.74) is 0. The van der Waals surface area contributed by atoms with Gasteiger partial charge in [0.2, 0.25) is 10.0 Å². The van der Waals surface area contributed by atoms with Crippen LogP contribution in [0.2, 0.25) is 0 Å². The van der Waals surface area contributed by atoms with E-state index < -0.39 is 10.0 Å². The van der Waals surface area contributed by atoms with Crippen molar-refractivity contribution in [2.45, 2.75) is 5.75 Å². The minimum absolute atomic E-state index is 0.130. The van der Waals surface area contributed by atoms with Crippen molar-refractivity contribution < 1.29 is 12.8 Å². The molecule has 6 heteroatoms. The third kappa shape index (κ3) is 2.62. The summed E-state index contributed by atoms with van der Waals surface area (Å²) in [7, 11) is -1.86. The zero-order valence-corrected chi connectivity index (χ0v) is 8.78. The molecule has 0 spiro atoms. The molecular weight excluding hydrogens is 246 g/mol. The van der Waals surface area contributed by atoms with Gasteiger partial charge in [-0.2, -0.15) is 0 Å². The van der Waals surface area contributed by atoms with Crippen molar-refractivity contribution in [1.29, 1.82) is 0 Å². The molecule has 12 heavy (non-hydrogen) atoms. The molecule has 0 bridgehead atoms. The Kier molecular flexibility index (Phi) is 2.92. The van der Waals surface area contributed by atoms with Gasteiger partial charge in [-0.05, 0) is 35.1 Å². The Labute approximate surface area is 79.1 Å². The molecular formula is C6H8BrNO3S. The monoisotopic (exact) mass is 253 g/mol. The van der Waals surface area contributed by atoms with E-state index in [0.717, 1.165) is 0 Å². The van der Waals surface area contributed by atoms with E-state index in [9.17, 15) is 8.42 Å². The maximum absolute atomic E-state index is 11.0. The van der Waals surface area contributed by atoms with Gasteiger partial charge in [-0.25, -0.2) is 13.1 Å². The maximum atomic E-state index is 11.0.